The highest BCUT2D eigenvalue weighted by Crippen LogP contribution is 2.21. The summed E-state index contributed by atoms with van der Waals surface area (Å²) in [7, 11) is 0. The van der Waals surface area contributed by atoms with Crippen LogP contribution in [0.15, 0.2) is 54.9 Å². The molecule has 3 aromatic rings. The summed E-state index contributed by atoms with van der Waals surface area (Å²) in [5.74, 6) is 0.877. The molecule has 1 aromatic carbocycles. The van der Waals surface area contributed by atoms with Gasteiger partial charge in [-0.15, -0.1) is 5.10 Å². The van der Waals surface area contributed by atoms with Crippen molar-refractivity contribution in [3.05, 3.63) is 60.6 Å². The molecule has 0 atom stereocenters. The molecular weight excluding hydrogens is 302 g/mol. The van der Waals surface area contributed by atoms with Gasteiger partial charge >= 0.3 is 0 Å². The quantitative estimate of drug-likeness (QED) is 0.625. The van der Waals surface area contributed by atoms with Crippen molar-refractivity contribution in [2.75, 3.05) is 6.61 Å². The van der Waals surface area contributed by atoms with Crippen molar-refractivity contribution in [2.45, 2.75) is 19.4 Å². The summed E-state index contributed by atoms with van der Waals surface area (Å²) >= 11 is 0. The smallest absolute Gasteiger partial charge is 0.190 e. The molecule has 0 fully saturated rings. The van der Waals surface area contributed by atoms with Gasteiger partial charge in [-0.1, -0.05) is 23.4 Å². The molecule has 0 amide bonds. The topological polar surface area (TPSA) is 76.6 Å². The Morgan fingerprint density at radius 1 is 1.04 bits per heavy atom. The Hall–Kier alpha value is -3.20. The van der Waals surface area contributed by atoms with Gasteiger partial charge in [0.25, 0.3) is 0 Å². The Morgan fingerprint density at radius 3 is 2.58 bits per heavy atom. The molecule has 0 saturated heterocycles. The minimum absolute atomic E-state index is 0.335. The summed E-state index contributed by atoms with van der Waals surface area (Å²) in [5.41, 5.74) is 1.97. The molecule has 0 unspecified atom stereocenters. The highest BCUT2D eigenvalue weighted by molar-refractivity contribution is 5.64. The fraction of sp³-hybridized carbons (Fsp3) is 0.222. The normalized spacial score (nSPS) is 10.3. The zero-order valence-corrected chi connectivity index (χ0v) is 13.2. The summed E-state index contributed by atoms with van der Waals surface area (Å²) < 4.78 is 7.45. The Balaban J connectivity index is 1.58. The monoisotopic (exact) mass is 319 g/mol. The number of pyridine rings is 1. The van der Waals surface area contributed by atoms with E-state index in [-0.39, 0.29) is 0 Å². The first-order valence-electron chi connectivity index (χ1n) is 7.80. The van der Waals surface area contributed by atoms with Crippen LogP contribution in [-0.4, -0.2) is 26.6 Å². The van der Waals surface area contributed by atoms with Crippen LogP contribution < -0.4 is 4.74 Å². The molecule has 0 aliphatic heterocycles. The van der Waals surface area contributed by atoms with Crippen LogP contribution in [0, 0.1) is 11.3 Å². The van der Waals surface area contributed by atoms with Gasteiger partial charge in [0.05, 0.1) is 6.61 Å². The first-order chi connectivity index (χ1) is 11.9. The predicted molar refractivity (Wildman–Crippen MR) is 89.1 cm³/mol. The number of hydrogen-bond acceptors (Lipinski definition) is 5. The molecule has 6 nitrogen and oxygen atoms in total. The molecule has 0 aliphatic rings. The highest BCUT2D eigenvalue weighted by Gasteiger charge is 2.14. The predicted octanol–water partition coefficient (Wildman–Crippen LogP) is 3.07. The van der Waals surface area contributed by atoms with Crippen molar-refractivity contribution in [3.63, 3.8) is 0 Å². The first-order valence-corrected chi connectivity index (χ1v) is 7.80. The molecule has 6 heteroatoms. The molecule has 0 spiro atoms. The van der Waals surface area contributed by atoms with Gasteiger partial charge in [-0.05, 0) is 37.1 Å². The SMILES string of the molecule is N#Cc1nnn(CCCCOc2ccccc2)c1-c1ccncc1. The van der Waals surface area contributed by atoms with Gasteiger partial charge in [-0.2, -0.15) is 5.26 Å². The average molecular weight is 319 g/mol. The van der Waals surface area contributed by atoms with E-state index in [2.05, 4.69) is 21.4 Å². The van der Waals surface area contributed by atoms with Crippen molar-refractivity contribution >= 4 is 0 Å². The van der Waals surface area contributed by atoms with Crippen LogP contribution in [0.2, 0.25) is 0 Å². The summed E-state index contributed by atoms with van der Waals surface area (Å²) in [6, 6.07) is 15.6. The lowest BCUT2D eigenvalue weighted by atomic mass is 10.1. The van der Waals surface area contributed by atoms with E-state index in [0.717, 1.165) is 29.8 Å². The Labute approximate surface area is 140 Å². The molecule has 0 N–H and O–H groups in total. The Bertz CT molecular complexity index is 808. The molecule has 0 saturated carbocycles. The minimum Gasteiger partial charge on any atom is -0.494 e. The number of para-hydroxylation sites is 1. The van der Waals surface area contributed by atoms with Crippen LogP contribution in [-0.2, 0) is 6.54 Å². The van der Waals surface area contributed by atoms with Crippen molar-refractivity contribution in [2.24, 2.45) is 0 Å². The molecule has 0 bridgehead atoms. The van der Waals surface area contributed by atoms with E-state index in [1.165, 1.54) is 0 Å². The number of ether oxygens (including phenoxy) is 1. The summed E-state index contributed by atoms with van der Waals surface area (Å²) in [5, 5.41) is 17.3. The number of nitrogens with zero attached hydrogens (tertiary/aromatic N) is 5. The molecule has 0 radical (unpaired) electrons. The van der Waals surface area contributed by atoms with Crippen molar-refractivity contribution in [1.82, 2.24) is 20.0 Å². The maximum Gasteiger partial charge on any atom is 0.190 e. The van der Waals surface area contributed by atoms with Crippen LogP contribution in [0.25, 0.3) is 11.3 Å². The standard InChI is InChI=1S/C18H17N5O/c19-14-17-18(15-8-10-20-11-9-15)23(22-21-17)12-4-5-13-24-16-6-2-1-3-7-16/h1-3,6-11H,4-5,12-13H2. The lowest BCUT2D eigenvalue weighted by Gasteiger charge is -2.08. The van der Waals surface area contributed by atoms with Crippen LogP contribution in [0.3, 0.4) is 0 Å². The summed E-state index contributed by atoms with van der Waals surface area (Å²) in [4.78, 5) is 4.01. The molecule has 0 aliphatic carbocycles. The van der Waals surface area contributed by atoms with E-state index in [1.54, 1.807) is 17.1 Å². The Morgan fingerprint density at radius 2 is 1.83 bits per heavy atom. The van der Waals surface area contributed by atoms with Crippen molar-refractivity contribution in [3.8, 4) is 23.1 Å². The van der Waals surface area contributed by atoms with Gasteiger partial charge in [-0.3, -0.25) is 4.98 Å². The van der Waals surface area contributed by atoms with Gasteiger partial charge in [0.2, 0.25) is 0 Å². The van der Waals surface area contributed by atoms with E-state index in [9.17, 15) is 5.26 Å². The van der Waals surface area contributed by atoms with E-state index in [0.29, 0.717) is 18.8 Å². The van der Waals surface area contributed by atoms with Gasteiger partial charge in [0.1, 0.15) is 17.5 Å². The number of aromatic nitrogens is 4. The van der Waals surface area contributed by atoms with E-state index >= 15 is 0 Å². The van der Waals surface area contributed by atoms with Crippen LogP contribution >= 0.6 is 0 Å². The summed E-state index contributed by atoms with van der Waals surface area (Å²) in [6.45, 7) is 1.33. The summed E-state index contributed by atoms with van der Waals surface area (Å²) in [6.07, 6.45) is 5.18. The molecule has 24 heavy (non-hydrogen) atoms. The Kier molecular flexibility index (Phi) is 5.15. The van der Waals surface area contributed by atoms with E-state index < -0.39 is 0 Å². The first kappa shape index (κ1) is 15.7. The molecule has 120 valence electrons. The molecule has 3 rings (SSSR count). The number of benzene rings is 1. The molecule has 2 heterocycles. The van der Waals surface area contributed by atoms with Crippen LogP contribution in [0.5, 0.6) is 5.75 Å². The molecule has 2 aromatic heterocycles. The number of unbranched alkanes of at least 4 members (excludes halogenated alkanes) is 1. The number of rotatable bonds is 7. The third kappa shape index (κ3) is 3.76. The van der Waals surface area contributed by atoms with E-state index in [1.807, 2.05) is 42.5 Å². The highest BCUT2D eigenvalue weighted by atomic mass is 16.5. The fourth-order valence-electron chi connectivity index (χ4n) is 2.41. The van der Waals surface area contributed by atoms with Gasteiger partial charge < -0.3 is 4.74 Å². The second-order valence-electron chi connectivity index (χ2n) is 5.23. The van der Waals surface area contributed by atoms with Crippen LogP contribution in [0.4, 0.5) is 0 Å². The zero-order valence-electron chi connectivity index (χ0n) is 13.2. The second-order valence-corrected chi connectivity index (χ2v) is 5.23. The maximum atomic E-state index is 9.23. The largest absolute Gasteiger partial charge is 0.494 e. The van der Waals surface area contributed by atoms with Crippen molar-refractivity contribution < 1.29 is 4.74 Å². The van der Waals surface area contributed by atoms with E-state index in [4.69, 9.17) is 4.74 Å². The second kappa shape index (κ2) is 7.88. The third-order valence-electron chi connectivity index (χ3n) is 3.57. The third-order valence-corrected chi connectivity index (χ3v) is 3.57. The lowest BCUT2D eigenvalue weighted by molar-refractivity contribution is 0.302. The minimum atomic E-state index is 0.335. The van der Waals surface area contributed by atoms with Gasteiger partial charge in [0, 0.05) is 24.5 Å². The maximum absolute atomic E-state index is 9.23. The van der Waals surface area contributed by atoms with Crippen LogP contribution in [0.1, 0.15) is 18.5 Å². The number of hydrogen-bond donors (Lipinski definition) is 0. The number of nitriles is 1. The van der Waals surface area contributed by atoms with Crippen molar-refractivity contribution in [1.29, 1.82) is 5.26 Å². The van der Waals surface area contributed by atoms with Gasteiger partial charge in [0.15, 0.2) is 5.69 Å². The number of aryl methyl sites for hydroxylation is 1. The van der Waals surface area contributed by atoms with Gasteiger partial charge in [-0.25, -0.2) is 4.68 Å². The fourth-order valence-corrected chi connectivity index (χ4v) is 2.41. The zero-order chi connectivity index (χ0) is 16.6. The lowest BCUT2D eigenvalue weighted by Crippen LogP contribution is -2.05. The average Bonchev–Trinajstić information content (AvgIpc) is 3.06. The molecular formula is C18H17N5O.